The minimum absolute atomic E-state index is 0.808. The van der Waals surface area contributed by atoms with Crippen molar-refractivity contribution in [3.63, 3.8) is 0 Å². The fourth-order valence-electron chi connectivity index (χ4n) is 1.82. The summed E-state index contributed by atoms with van der Waals surface area (Å²) >= 11 is 0. The Labute approximate surface area is 67.2 Å². The minimum atomic E-state index is 0.808. The molecule has 0 bridgehead atoms. The van der Waals surface area contributed by atoms with Crippen LogP contribution in [-0.4, -0.2) is 9.78 Å². The molecule has 0 spiro atoms. The van der Waals surface area contributed by atoms with Crippen LogP contribution in [0.2, 0.25) is 0 Å². The molecule has 0 saturated heterocycles. The van der Waals surface area contributed by atoms with E-state index in [-0.39, 0.29) is 0 Å². The number of hydrogen-bond acceptors (Lipinski definition) is 1. The molecule has 0 aliphatic heterocycles. The third kappa shape index (κ3) is 0.971. The third-order valence-electron chi connectivity index (χ3n) is 2.67. The van der Waals surface area contributed by atoms with Gasteiger partial charge in [0.2, 0.25) is 0 Å². The second-order valence-electron chi connectivity index (χ2n) is 3.46. The van der Waals surface area contributed by atoms with E-state index in [0.717, 1.165) is 5.92 Å². The van der Waals surface area contributed by atoms with Crippen molar-refractivity contribution in [3.8, 4) is 0 Å². The van der Waals surface area contributed by atoms with Crippen LogP contribution in [-0.2, 0) is 7.05 Å². The monoisotopic (exact) mass is 150 g/mol. The van der Waals surface area contributed by atoms with E-state index < -0.39 is 0 Å². The summed E-state index contributed by atoms with van der Waals surface area (Å²) in [5, 5.41) is 4.24. The van der Waals surface area contributed by atoms with E-state index in [4.69, 9.17) is 0 Å². The first-order chi connectivity index (χ1) is 5.29. The average molecular weight is 150 g/mol. The Hall–Kier alpha value is -0.790. The first-order valence-corrected chi connectivity index (χ1v) is 4.27. The van der Waals surface area contributed by atoms with Crippen LogP contribution in [0, 0.1) is 6.92 Å². The zero-order valence-corrected chi connectivity index (χ0v) is 7.17. The topological polar surface area (TPSA) is 17.8 Å². The van der Waals surface area contributed by atoms with Gasteiger partial charge in [0.1, 0.15) is 0 Å². The Morgan fingerprint density at radius 3 is 2.64 bits per heavy atom. The van der Waals surface area contributed by atoms with Crippen LogP contribution in [0.3, 0.4) is 0 Å². The Balaban J connectivity index is 2.33. The lowest BCUT2D eigenvalue weighted by molar-refractivity contribution is 0.395. The molecule has 1 aliphatic carbocycles. The van der Waals surface area contributed by atoms with Crippen molar-refractivity contribution in [2.45, 2.75) is 32.1 Å². The van der Waals surface area contributed by atoms with E-state index in [0.29, 0.717) is 0 Å². The van der Waals surface area contributed by atoms with Gasteiger partial charge in [-0.1, -0.05) is 6.42 Å². The zero-order valence-electron chi connectivity index (χ0n) is 7.17. The SMILES string of the molecule is Cc1cnn(C)c1C1CCC1. The van der Waals surface area contributed by atoms with Crippen molar-refractivity contribution < 1.29 is 0 Å². The Kier molecular flexibility index (Phi) is 1.48. The molecule has 1 fully saturated rings. The van der Waals surface area contributed by atoms with E-state index in [2.05, 4.69) is 12.0 Å². The van der Waals surface area contributed by atoms with Crippen LogP contribution in [0.5, 0.6) is 0 Å². The van der Waals surface area contributed by atoms with Crippen LogP contribution >= 0.6 is 0 Å². The zero-order chi connectivity index (χ0) is 7.84. The molecule has 0 unspecified atom stereocenters. The van der Waals surface area contributed by atoms with Crippen LogP contribution in [0.4, 0.5) is 0 Å². The van der Waals surface area contributed by atoms with Crippen molar-refractivity contribution in [1.82, 2.24) is 9.78 Å². The molecule has 0 amide bonds. The number of nitrogens with zero attached hydrogens (tertiary/aromatic N) is 2. The molecule has 1 aromatic rings. The van der Waals surface area contributed by atoms with Gasteiger partial charge in [0, 0.05) is 18.7 Å². The smallest absolute Gasteiger partial charge is 0.0521 e. The first kappa shape index (κ1) is 6.89. The number of aromatic nitrogens is 2. The summed E-state index contributed by atoms with van der Waals surface area (Å²) in [5.41, 5.74) is 2.81. The number of rotatable bonds is 1. The maximum absolute atomic E-state index is 4.24. The van der Waals surface area contributed by atoms with Gasteiger partial charge < -0.3 is 0 Å². The van der Waals surface area contributed by atoms with Gasteiger partial charge in [-0.15, -0.1) is 0 Å². The number of hydrogen-bond donors (Lipinski definition) is 0. The summed E-state index contributed by atoms with van der Waals surface area (Å²) in [5.74, 6) is 0.808. The maximum Gasteiger partial charge on any atom is 0.0521 e. The van der Waals surface area contributed by atoms with E-state index in [1.165, 1.54) is 30.5 Å². The quantitative estimate of drug-likeness (QED) is 0.598. The van der Waals surface area contributed by atoms with E-state index in [1.807, 2.05) is 17.9 Å². The van der Waals surface area contributed by atoms with Gasteiger partial charge in [-0.05, 0) is 25.3 Å². The summed E-state index contributed by atoms with van der Waals surface area (Å²) < 4.78 is 2.03. The summed E-state index contributed by atoms with van der Waals surface area (Å²) in [6, 6.07) is 0. The van der Waals surface area contributed by atoms with E-state index in [1.54, 1.807) is 0 Å². The molecule has 0 N–H and O–H groups in total. The number of aryl methyl sites for hydroxylation is 2. The Bertz CT molecular complexity index is 239. The van der Waals surface area contributed by atoms with Crippen LogP contribution in [0.1, 0.15) is 36.4 Å². The molecule has 1 saturated carbocycles. The lowest BCUT2D eigenvalue weighted by Crippen LogP contribution is -2.14. The highest BCUT2D eigenvalue weighted by Gasteiger charge is 2.23. The largest absolute Gasteiger partial charge is 0.272 e. The predicted octanol–water partition coefficient (Wildman–Crippen LogP) is 2.00. The van der Waals surface area contributed by atoms with Gasteiger partial charge in [-0.3, -0.25) is 4.68 Å². The van der Waals surface area contributed by atoms with E-state index >= 15 is 0 Å². The molecule has 2 rings (SSSR count). The fraction of sp³-hybridized carbons (Fsp3) is 0.667. The minimum Gasteiger partial charge on any atom is -0.272 e. The van der Waals surface area contributed by atoms with E-state index in [9.17, 15) is 0 Å². The highest BCUT2D eigenvalue weighted by Crippen LogP contribution is 2.37. The summed E-state index contributed by atoms with van der Waals surface area (Å²) in [6.07, 6.45) is 6.09. The van der Waals surface area contributed by atoms with Gasteiger partial charge in [-0.2, -0.15) is 5.10 Å². The normalized spacial score (nSPS) is 18.4. The Morgan fingerprint density at radius 1 is 1.55 bits per heavy atom. The van der Waals surface area contributed by atoms with Crippen LogP contribution in [0.15, 0.2) is 6.20 Å². The predicted molar refractivity (Wildman–Crippen MR) is 44.5 cm³/mol. The molecule has 0 radical (unpaired) electrons. The first-order valence-electron chi connectivity index (χ1n) is 4.27. The molecule has 2 heteroatoms. The van der Waals surface area contributed by atoms with Crippen molar-refractivity contribution >= 4 is 0 Å². The summed E-state index contributed by atoms with van der Waals surface area (Å²) in [7, 11) is 2.04. The molecule has 11 heavy (non-hydrogen) atoms. The molecule has 1 aromatic heterocycles. The van der Waals surface area contributed by atoms with Crippen LogP contribution < -0.4 is 0 Å². The molecule has 0 atom stereocenters. The lowest BCUT2D eigenvalue weighted by atomic mass is 9.82. The van der Waals surface area contributed by atoms with Crippen molar-refractivity contribution in [2.75, 3.05) is 0 Å². The van der Waals surface area contributed by atoms with Gasteiger partial charge >= 0.3 is 0 Å². The highest BCUT2D eigenvalue weighted by atomic mass is 15.3. The summed E-state index contributed by atoms with van der Waals surface area (Å²) in [4.78, 5) is 0. The molecular weight excluding hydrogens is 136 g/mol. The third-order valence-corrected chi connectivity index (χ3v) is 2.67. The fourth-order valence-corrected chi connectivity index (χ4v) is 1.82. The van der Waals surface area contributed by atoms with Gasteiger partial charge in [0.25, 0.3) is 0 Å². The van der Waals surface area contributed by atoms with Gasteiger partial charge in [0.05, 0.1) is 6.20 Å². The maximum atomic E-state index is 4.24. The van der Waals surface area contributed by atoms with Crippen molar-refractivity contribution in [3.05, 3.63) is 17.5 Å². The summed E-state index contributed by atoms with van der Waals surface area (Å²) in [6.45, 7) is 2.15. The molecule has 1 aliphatic rings. The van der Waals surface area contributed by atoms with Crippen molar-refractivity contribution in [2.24, 2.45) is 7.05 Å². The average Bonchev–Trinajstić information content (AvgIpc) is 2.15. The molecule has 0 aromatic carbocycles. The van der Waals surface area contributed by atoms with Crippen molar-refractivity contribution in [1.29, 1.82) is 0 Å². The van der Waals surface area contributed by atoms with Crippen LogP contribution in [0.25, 0.3) is 0 Å². The Morgan fingerprint density at radius 2 is 2.27 bits per heavy atom. The van der Waals surface area contributed by atoms with Gasteiger partial charge in [-0.25, -0.2) is 0 Å². The second kappa shape index (κ2) is 2.36. The molecule has 60 valence electrons. The molecular formula is C9H14N2. The molecule has 1 heterocycles. The molecule has 2 nitrogen and oxygen atoms in total. The van der Waals surface area contributed by atoms with Gasteiger partial charge in [0.15, 0.2) is 0 Å². The standard InChI is InChI=1S/C9H14N2/c1-7-6-10-11(2)9(7)8-4-3-5-8/h6,8H,3-5H2,1-2H3. The highest BCUT2D eigenvalue weighted by molar-refractivity contribution is 5.21. The lowest BCUT2D eigenvalue weighted by Gasteiger charge is -2.26. The second-order valence-corrected chi connectivity index (χ2v) is 3.46.